The molecular weight excluding hydrogens is 470 g/mol. The third kappa shape index (κ3) is 5.77. The lowest BCUT2D eigenvalue weighted by Gasteiger charge is -2.09. The number of thioether (sulfide) groups is 1. The Kier molecular flexibility index (Phi) is 7.36. The van der Waals surface area contributed by atoms with Crippen molar-refractivity contribution in [2.75, 3.05) is 16.4 Å². The summed E-state index contributed by atoms with van der Waals surface area (Å²) in [4.78, 5) is 39.0. The Morgan fingerprint density at radius 3 is 2.60 bits per heavy atom. The van der Waals surface area contributed by atoms with E-state index in [0.717, 1.165) is 16.2 Å². The molecule has 10 heteroatoms. The Bertz CT molecular complexity index is 1140. The van der Waals surface area contributed by atoms with E-state index in [1.165, 1.54) is 0 Å². The largest absolute Gasteiger partial charge is 0.325 e. The van der Waals surface area contributed by atoms with Crippen LogP contribution >= 0.6 is 27.7 Å². The number of carbonyl (C=O) groups excluding carboxylic acids is 2. The fraction of sp³-hybridized carbons (Fsp3) is 0.150. The number of nitrogens with zero attached hydrogens (tertiary/aromatic N) is 2. The van der Waals surface area contributed by atoms with Crippen LogP contribution in [-0.2, 0) is 9.59 Å². The van der Waals surface area contributed by atoms with Crippen molar-refractivity contribution in [3.8, 4) is 11.3 Å². The van der Waals surface area contributed by atoms with Crippen LogP contribution in [0.2, 0.25) is 0 Å². The van der Waals surface area contributed by atoms with Crippen LogP contribution in [0, 0.1) is 0 Å². The number of benzene rings is 2. The number of carbonyl (C=O) groups is 2. The van der Waals surface area contributed by atoms with Crippen LogP contribution in [-0.4, -0.2) is 32.7 Å². The van der Waals surface area contributed by atoms with Crippen molar-refractivity contribution in [2.24, 2.45) is 0 Å². The summed E-state index contributed by atoms with van der Waals surface area (Å²) in [6, 6.07) is 14.1. The zero-order valence-corrected chi connectivity index (χ0v) is 18.3. The maximum atomic E-state index is 12.5. The van der Waals surface area contributed by atoms with E-state index in [1.54, 1.807) is 43.3 Å². The molecule has 154 valence electrons. The van der Waals surface area contributed by atoms with Crippen molar-refractivity contribution in [3.63, 3.8) is 0 Å². The van der Waals surface area contributed by atoms with E-state index in [-0.39, 0.29) is 28.4 Å². The second kappa shape index (κ2) is 10.2. The monoisotopic (exact) mass is 487 g/mol. The van der Waals surface area contributed by atoms with Gasteiger partial charge in [0.25, 0.3) is 5.56 Å². The summed E-state index contributed by atoms with van der Waals surface area (Å²) in [7, 11) is 0. The van der Waals surface area contributed by atoms with Gasteiger partial charge < -0.3 is 10.6 Å². The fourth-order valence-corrected chi connectivity index (χ4v) is 3.50. The lowest BCUT2D eigenvalue weighted by Crippen LogP contribution is -2.18. The molecule has 3 rings (SSSR count). The number of anilines is 2. The van der Waals surface area contributed by atoms with Gasteiger partial charge in [-0.15, -0.1) is 10.2 Å². The minimum atomic E-state index is -0.460. The summed E-state index contributed by atoms with van der Waals surface area (Å²) in [6.45, 7) is 1.74. The highest BCUT2D eigenvalue weighted by Crippen LogP contribution is 2.24. The lowest BCUT2D eigenvalue weighted by molar-refractivity contribution is -0.116. The van der Waals surface area contributed by atoms with E-state index in [9.17, 15) is 14.4 Å². The van der Waals surface area contributed by atoms with Gasteiger partial charge in [-0.1, -0.05) is 58.9 Å². The molecule has 2 amide bonds. The summed E-state index contributed by atoms with van der Waals surface area (Å²) >= 11 is 4.41. The van der Waals surface area contributed by atoms with Gasteiger partial charge in [0, 0.05) is 22.1 Å². The van der Waals surface area contributed by atoms with E-state index < -0.39 is 5.56 Å². The summed E-state index contributed by atoms with van der Waals surface area (Å²) in [6.07, 6.45) is 0.313. The van der Waals surface area contributed by atoms with E-state index in [0.29, 0.717) is 23.4 Å². The van der Waals surface area contributed by atoms with Gasteiger partial charge in [0.05, 0.1) is 11.4 Å². The highest BCUT2D eigenvalue weighted by Gasteiger charge is 2.14. The van der Waals surface area contributed by atoms with Crippen LogP contribution < -0.4 is 16.2 Å². The number of hydrogen-bond donors (Lipinski definition) is 3. The van der Waals surface area contributed by atoms with Crippen LogP contribution in [0.15, 0.2) is 63.0 Å². The molecule has 1 aromatic heterocycles. The number of H-pyrrole nitrogens is 1. The average molecular weight is 488 g/mol. The van der Waals surface area contributed by atoms with E-state index in [4.69, 9.17) is 0 Å². The molecule has 3 N–H and O–H groups in total. The number of aromatic nitrogens is 3. The average Bonchev–Trinajstić information content (AvgIpc) is 2.73. The molecule has 0 aliphatic carbocycles. The maximum absolute atomic E-state index is 12.5. The molecule has 3 aromatic rings. The van der Waals surface area contributed by atoms with Gasteiger partial charge in [0.2, 0.25) is 11.8 Å². The summed E-state index contributed by atoms with van der Waals surface area (Å²) < 4.78 is 0.856. The standard InChI is InChI=1S/C20H18BrN5O3S/c1-2-16(27)23-15-9-4-3-8-14(15)18-19(29)24-20(26-25-18)30-11-17(28)22-13-7-5-6-12(21)10-13/h3-10H,2,11H2,1H3,(H,22,28)(H,23,27)(H,24,26,29). The van der Waals surface area contributed by atoms with Crippen molar-refractivity contribution in [3.05, 3.63) is 63.4 Å². The zero-order chi connectivity index (χ0) is 21.5. The molecule has 0 aliphatic rings. The Hall–Kier alpha value is -2.98. The molecule has 8 nitrogen and oxygen atoms in total. The maximum Gasteiger partial charge on any atom is 0.278 e. The number of hydrogen-bond acceptors (Lipinski definition) is 6. The van der Waals surface area contributed by atoms with Gasteiger partial charge in [-0.05, 0) is 24.3 Å². The molecule has 0 unspecified atom stereocenters. The van der Waals surface area contributed by atoms with Crippen LogP contribution in [0.4, 0.5) is 11.4 Å². The Morgan fingerprint density at radius 1 is 1.07 bits per heavy atom. The third-order valence-electron chi connectivity index (χ3n) is 3.90. The first-order chi connectivity index (χ1) is 14.5. The third-order valence-corrected chi connectivity index (χ3v) is 5.26. The second-order valence-electron chi connectivity index (χ2n) is 6.10. The van der Waals surface area contributed by atoms with Gasteiger partial charge in [-0.25, -0.2) is 0 Å². The second-order valence-corrected chi connectivity index (χ2v) is 7.98. The Labute approximate surface area is 185 Å². The van der Waals surface area contributed by atoms with Crippen LogP contribution in [0.3, 0.4) is 0 Å². The Morgan fingerprint density at radius 2 is 1.87 bits per heavy atom. The first kappa shape index (κ1) is 21.7. The van der Waals surface area contributed by atoms with Crippen molar-refractivity contribution in [1.29, 1.82) is 0 Å². The summed E-state index contributed by atoms with van der Waals surface area (Å²) in [5.74, 6) is -0.354. The highest BCUT2D eigenvalue weighted by molar-refractivity contribution is 9.10. The van der Waals surface area contributed by atoms with Crippen LogP contribution in [0.25, 0.3) is 11.3 Å². The molecule has 0 spiro atoms. The van der Waals surface area contributed by atoms with Crippen molar-refractivity contribution < 1.29 is 9.59 Å². The predicted molar refractivity (Wildman–Crippen MR) is 121 cm³/mol. The minimum Gasteiger partial charge on any atom is -0.325 e. The van der Waals surface area contributed by atoms with Crippen molar-refractivity contribution in [2.45, 2.75) is 18.5 Å². The van der Waals surface area contributed by atoms with E-state index in [2.05, 4.69) is 41.7 Å². The smallest absolute Gasteiger partial charge is 0.278 e. The predicted octanol–water partition coefficient (Wildman–Crippen LogP) is 3.67. The number of nitrogens with one attached hydrogen (secondary N) is 3. The molecule has 0 fully saturated rings. The minimum absolute atomic E-state index is 0.0552. The quantitative estimate of drug-likeness (QED) is 0.437. The van der Waals surface area contributed by atoms with E-state index in [1.807, 2.05) is 12.1 Å². The molecule has 0 bridgehead atoms. The van der Waals surface area contributed by atoms with E-state index >= 15 is 0 Å². The molecule has 0 saturated heterocycles. The molecule has 1 heterocycles. The van der Waals surface area contributed by atoms with Gasteiger partial charge in [0.15, 0.2) is 10.9 Å². The molecule has 0 saturated carbocycles. The summed E-state index contributed by atoms with van der Waals surface area (Å²) in [5.41, 5.74) is 1.24. The van der Waals surface area contributed by atoms with Crippen molar-refractivity contribution >= 4 is 50.9 Å². The molecular formula is C20H18BrN5O3S. The van der Waals surface area contributed by atoms with Gasteiger partial charge >= 0.3 is 0 Å². The van der Waals surface area contributed by atoms with Gasteiger partial charge in [0.1, 0.15) is 0 Å². The SMILES string of the molecule is CCC(=O)Nc1ccccc1-c1nnc(SCC(=O)Nc2cccc(Br)c2)[nH]c1=O. The summed E-state index contributed by atoms with van der Waals surface area (Å²) in [5, 5.41) is 13.8. The van der Waals surface area contributed by atoms with Gasteiger partial charge in [-0.3, -0.25) is 19.4 Å². The molecule has 0 radical (unpaired) electrons. The van der Waals surface area contributed by atoms with Crippen LogP contribution in [0.1, 0.15) is 13.3 Å². The normalized spacial score (nSPS) is 10.5. The number of rotatable bonds is 7. The number of halogens is 1. The number of aromatic amines is 1. The molecule has 0 atom stereocenters. The number of amides is 2. The molecule has 2 aromatic carbocycles. The highest BCUT2D eigenvalue weighted by atomic mass is 79.9. The zero-order valence-electron chi connectivity index (χ0n) is 15.9. The number of para-hydroxylation sites is 1. The first-order valence-electron chi connectivity index (χ1n) is 9.00. The van der Waals surface area contributed by atoms with Crippen molar-refractivity contribution in [1.82, 2.24) is 15.2 Å². The first-order valence-corrected chi connectivity index (χ1v) is 10.8. The van der Waals surface area contributed by atoms with Crippen LogP contribution in [0.5, 0.6) is 0 Å². The fourth-order valence-electron chi connectivity index (χ4n) is 2.50. The molecule has 0 aliphatic heterocycles. The van der Waals surface area contributed by atoms with Gasteiger partial charge in [-0.2, -0.15) is 0 Å². The topological polar surface area (TPSA) is 117 Å². The molecule has 30 heavy (non-hydrogen) atoms. The lowest BCUT2D eigenvalue weighted by atomic mass is 10.1. The Balaban J connectivity index is 1.70.